The van der Waals surface area contributed by atoms with Gasteiger partial charge in [0.05, 0.1) is 25.2 Å². The molecule has 0 aromatic heterocycles. The molecule has 0 aromatic carbocycles. The number of aliphatic hydroxyl groups excluding tert-OH is 10. The first-order valence-corrected chi connectivity index (χ1v) is 6.91. The van der Waals surface area contributed by atoms with Crippen molar-refractivity contribution in [3.63, 3.8) is 0 Å². The van der Waals surface area contributed by atoms with Crippen molar-refractivity contribution in [2.24, 2.45) is 0 Å². The van der Waals surface area contributed by atoms with Crippen LogP contribution in [0.25, 0.3) is 0 Å². The van der Waals surface area contributed by atoms with Crippen LogP contribution in [0, 0.1) is 0 Å². The first-order chi connectivity index (χ1) is 11.8. The van der Waals surface area contributed by atoms with Gasteiger partial charge in [0, 0.05) is 0 Å². The predicted octanol–water partition coefficient (Wildman–Crippen LogP) is -10.9. The summed E-state index contributed by atoms with van der Waals surface area (Å²) in [5.74, 6) is -3.95. The molecule has 16 heteroatoms. The topological polar surface area (TPSA) is 314 Å². The van der Waals surface area contributed by atoms with E-state index >= 15 is 0 Å². The molecule has 0 aliphatic heterocycles. The van der Waals surface area contributed by atoms with E-state index < -0.39 is 74.0 Å². The first kappa shape index (κ1) is 34.8. The summed E-state index contributed by atoms with van der Waals surface area (Å²) in [5.41, 5.74) is 0. The largest absolute Gasteiger partial charge is 2.00 e. The molecule has 0 rings (SSSR count). The summed E-state index contributed by atoms with van der Waals surface area (Å²) in [7, 11) is 0. The zero-order valence-corrected chi connectivity index (χ0v) is 15.8. The van der Waals surface area contributed by atoms with Gasteiger partial charge in [0.15, 0.2) is 0 Å². The molecule has 0 aliphatic carbocycles. The third kappa shape index (κ3) is 12.0. The van der Waals surface area contributed by atoms with Gasteiger partial charge >= 0.3 is 23.1 Å². The molecule has 0 aliphatic rings. The zero-order valence-electron chi connectivity index (χ0n) is 14.3. The number of rotatable bonds is 10. The van der Waals surface area contributed by atoms with Crippen LogP contribution in [0.2, 0.25) is 0 Å². The molecule has 0 bridgehead atoms. The summed E-state index contributed by atoms with van der Waals surface area (Å²) in [4.78, 5) is 20.0. The van der Waals surface area contributed by atoms with Gasteiger partial charge < -0.3 is 76.3 Å². The molecule has 0 heterocycles. The van der Waals surface area contributed by atoms with E-state index in [2.05, 4.69) is 0 Å². The third-order valence-electron chi connectivity index (χ3n) is 2.99. The molecule has 0 saturated heterocycles. The second-order valence-electron chi connectivity index (χ2n) is 4.99. The Hall–Kier alpha value is -0.734. The fourth-order valence-electron chi connectivity index (χ4n) is 1.32. The number of aliphatic hydroxyl groups is 10. The van der Waals surface area contributed by atoms with Crippen molar-refractivity contribution < 1.29 is 76.3 Å². The number of carbonyl (C=O) groups is 2. The molecule has 12 N–H and O–H groups in total. The Kier molecular flexibility index (Phi) is 21.3. The molecule has 28 heavy (non-hydrogen) atoms. The van der Waals surface area contributed by atoms with Gasteiger partial charge in [0.25, 0.3) is 0 Å². The Morgan fingerprint density at radius 3 is 0.964 bits per heavy atom. The summed E-state index contributed by atoms with van der Waals surface area (Å²) in [6.45, 7) is -1.73. The predicted molar refractivity (Wildman–Crippen MR) is 81.6 cm³/mol. The molecule has 15 nitrogen and oxygen atoms in total. The van der Waals surface area contributed by atoms with Crippen LogP contribution in [0.5, 0.6) is 0 Å². The van der Waals surface area contributed by atoms with Crippen LogP contribution in [-0.4, -0.2) is 154 Å². The Balaban J connectivity index is -0.000000192. The van der Waals surface area contributed by atoms with Crippen molar-refractivity contribution in [3.05, 3.63) is 0 Å². The quantitative estimate of drug-likeness (QED) is 0.143. The molecule has 0 amide bonds. The maximum Gasteiger partial charge on any atom is 2.00 e. The summed E-state index contributed by atoms with van der Waals surface area (Å²) >= 11 is 0. The van der Waals surface area contributed by atoms with Gasteiger partial charge in [-0.3, -0.25) is 0 Å². The summed E-state index contributed by atoms with van der Waals surface area (Å²) in [6.07, 6.45) is -16.2. The smallest absolute Gasteiger partial charge is 0.547 e. The summed E-state index contributed by atoms with van der Waals surface area (Å²) in [5, 5.41) is 107. The van der Waals surface area contributed by atoms with E-state index in [1.54, 1.807) is 0 Å². The number of hydrogen-bond donors (Lipinski definition) is 10. The van der Waals surface area contributed by atoms with E-state index in [0.29, 0.717) is 0 Å². The minimum Gasteiger partial charge on any atom is -0.547 e. The van der Waals surface area contributed by atoms with Crippen LogP contribution in [-0.2, 0) is 9.59 Å². The molecule has 164 valence electrons. The fraction of sp³-hybridized carbons (Fsp3) is 0.833. The van der Waals surface area contributed by atoms with Crippen molar-refractivity contribution in [1.29, 1.82) is 0 Å². The number of carbonyl (C=O) groups excluding carboxylic acids is 2. The van der Waals surface area contributed by atoms with Crippen LogP contribution in [0.15, 0.2) is 0 Å². The Morgan fingerprint density at radius 2 is 0.821 bits per heavy atom. The van der Waals surface area contributed by atoms with Crippen molar-refractivity contribution >= 4 is 35.0 Å². The molecule has 0 saturated carbocycles. The van der Waals surface area contributed by atoms with Gasteiger partial charge in [-0.2, -0.15) is 0 Å². The first-order valence-electron chi connectivity index (χ1n) is 6.91. The van der Waals surface area contributed by atoms with Crippen molar-refractivity contribution in [2.45, 2.75) is 48.8 Å². The minimum atomic E-state index is -2.31. The minimum absolute atomic E-state index is 0. The fourth-order valence-corrected chi connectivity index (χ4v) is 1.32. The number of hydrogen-bond acceptors (Lipinski definition) is 14. The van der Waals surface area contributed by atoms with Crippen LogP contribution in [0.4, 0.5) is 0 Å². The van der Waals surface area contributed by atoms with Gasteiger partial charge in [-0.25, -0.2) is 0 Å². The second-order valence-corrected chi connectivity index (χ2v) is 4.99. The molecule has 0 spiro atoms. The normalized spacial score (nSPS) is 18.9. The van der Waals surface area contributed by atoms with Crippen molar-refractivity contribution in [2.75, 3.05) is 13.2 Å². The van der Waals surface area contributed by atoms with E-state index in [1.165, 1.54) is 0 Å². The Bertz CT molecular complexity index is 386. The van der Waals surface area contributed by atoms with Gasteiger partial charge in [0.1, 0.15) is 48.8 Å². The van der Waals surface area contributed by atoms with E-state index in [1.807, 2.05) is 0 Å². The summed E-state index contributed by atoms with van der Waals surface area (Å²) in [6, 6.07) is 0. The van der Waals surface area contributed by atoms with Crippen LogP contribution in [0.3, 0.4) is 0 Å². The van der Waals surface area contributed by atoms with Crippen molar-refractivity contribution in [1.82, 2.24) is 0 Å². The Morgan fingerprint density at radius 1 is 0.607 bits per heavy atom. The molecule has 8 atom stereocenters. The van der Waals surface area contributed by atoms with Gasteiger partial charge in [0.2, 0.25) is 0 Å². The molecule has 0 radical (unpaired) electrons. The zero-order chi connectivity index (χ0) is 21.2. The molecule has 8 unspecified atom stereocenters. The summed E-state index contributed by atoms with van der Waals surface area (Å²) < 4.78 is 0. The van der Waals surface area contributed by atoms with Crippen LogP contribution in [0.1, 0.15) is 0 Å². The SMILES string of the molecule is O.O=C([O-])C(O)C(O)C(O)C(O)CO.O=C([O-])C(O)C(O)C(O)C(O)CO.[Mg+2]. The van der Waals surface area contributed by atoms with E-state index in [9.17, 15) is 19.8 Å². The maximum absolute atomic E-state index is 9.98. The monoisotopic (exact) mass is 432 g/mol. The van der Waals surface area contributed by atoms with E-state index in [0.717, 1.165) is 0 Å². The van der Waals surface area contributed by atoms with Gasteiger partial charge in [-0.15, -0.1) is 0 Å². The third-order valence-corrected chi connectivity index (χ3v) is 2.99. The standard InChI is InChI=1S/2C6H12O7.Mg.H2O/c2*7-1-2(8)3(9)4(10)5(11)6(12)13;;/h2*2-5,7-11H,1H2,(H,12,13);;1H2/q;;+2;/p-2. The molecule has 0 fully saturated rings. The van der Waals surface area contributed by atoms with E-state index in [-0.39, 0.29) is 28.5 Å². The number of aliphatic carboxylic acids is 2. The van der Waals surface area contributed by atoms with Crippen molar-refractivity contribution in [3.8, 4) is 0 Å². The average Bonchev–Trinajstić information content (AvgIpc) is 2.62. The van der Waals surface area contributed by atoms with Crippen LogP contribution >= 0.6 is 0 Å². The van der Waals surface area contributed by atoms with Crippen LogP contribution < -0.4 is 10.2 Å². The molecular weight excluding hydrogens is 408 g/mol. The Labute approximate surface area is 173 Å². The van der Waals surface area contributed by atoms with Gasteiger partial charge in [-0.05, 0) is 0 Å². The second kappa shape index (κ2) is 17.2. The molecular formula is C12H24MgO15. The average molecular weight is 433 g/mol. The number of carboxylic acids is 2. The van der Waals surface area contributed by atoms with Gasteiger partial charge in [-0.1, -0.05) is 0 Å². The molecule has 0 aromatic rings. The van der Waals surface area contributed by atoms with E-state index in [4.69, 9.17) is 51.1 Å². The number of carboxylic acid groups (broad SMARTS) is 2. The maximum atomic E-state index is 9.98.